The van der Waals surface area contributed by atoms with Crippen molar-refractivity contribution in [3.8, 4) is 0 Å². The molecule has 37 heavy (non-hydrogen) atoms. The molecule has 0 radical (unpaired) electrons. The lowest BCUT2D eigenvalue weighted by Crippen LogP contribution is -2.68. The Morgan fingerprint density at radius 1 is 0.649 bits per heavy atom. The van der Waals surface area contributed by atoms with Crippen molar-refractivity contribution in [3.05, 3.63) is 0 Å². The molecule has 0 bridgehead atoms. The molecule has 0 spiro atoms. The van der Waals surface area contributed by atoms with Gasteiger partial charge in [0.2, 0.25) is 5.91 Å². The third kappa shape index (κ3) is 6.38. The molecule has 17 nitrogen and oxygen atoms in total. The Morgan fingerprint density at radius 3 is 1.68 bits per heavy atom. The van der Waals surface area contributed by atoms with E-state index in [2.05, 4.69) is 5.32 Å². The van der Waals surface area contributed by atoms with E-state index >= 15 is 0 Å². The van der Waals surface area contributed by atoms with Gasteiger partial charge < -0.3 is 80.1 Å². The molecule has 1 amide bonds. The van der Waals surface area contributed by atoms with Crippen LogP contribution in [0.5, 0.6) is 0 Å². The van der Waals surface area contributed by atoms with Gasteiger partial charge in [-0.3, -0.25) is 4.79 Å². The Bertz CT molecular complexity index is 747. The number of amides is 1. The fraction of sp³-hybridized carbons (Fsp3) is 0.950. The van der Waals surface area contributed by atoms with Crippen LogP contribution in [0.1, 0.15) is 6.92 Å². The van der Waals surface area contributed by atoms with Crippen LogP contribution in [0.25, 0.3) is 0 Å². The van der Waals surface area contributed by atoms with Crippen LogP contribution in [0.3, 0.4) is 0 Å². The number of carbonyl (C=O) groups excluding carboxylic acids is 1. The summed E-state index contributed by atoms with van der Waals surface area (Å²) in [4.78, 5) is 11.7. The average Bonchev–Trinajstić information content (AvgIpc) is 2.86. The molecular weight excluding hydrogens is 510 g/mol. The number of carbonyl (C=O) groups is 1. The SMILES string of the molecule is CC(=O)NC1C(OC2C(OC3C(O)C(O)OC(CO)C3O)OC(CO)C(O)C2O)OC(CO)C(O)C1O. The first kappa shape index (κ1) is 30.4. The fourth-order valence-electron chi connectivity index (χ4n) is 4.43. The molecule has 3 aliphatic rings. The quantitative estimate of drug-likeness (QED) is 0.135. The number of nitrogens with one attached hydrogen (secondary N) is 1. The van der Waals surface area contributed by atoms with Crippen molar-refractivity contribution in [2.24, 2.45) is 0 Å². The van der Waals surface area contributed by atoms with Crippen LogP contribution in [-0.2, 0) is 28.5 Å². The Balaban J connectivity index is 1.90. The van der Waals surface area contributed by atoms with Gasteiger partial charge in [0.15, 0.2) is 18.9 Å². The molecule has 15 atom stereocenters. The first-order valence-corrected chi connectivity index (χ1v) is 11.6. The van der Waals surface area contributed by atoms with E-state index in [0.717, 1.165) is 6.92 Å². The summed E-state index contributed by atoms with van der Waals surface area (Å²) in [5.41, 5.74) is 0. The summed E-state index contributed by atoms with van der Waals surface area (Å²) in [6.07, 6.45) is -23.7. The van der Waals surface area contributed by atoms with E-state index in [1.165, 1.54) is 0 Å². The third-order valence-electron chi connectivity index (χ3n) is 6.50. The standard InChI is InChI=1S/C20H35NO16/c1-5(25)21-9-13(29)10(26)6(2-22)34-19(9)37-17-14(30)11(27)7(3-23)35-20(17)36-16-12(28)8(4-24)33-18(32)15(16)31/h6-20,22-24,26-32H,2-4H2,1H3,(H,21,25). The van der Waals surface area contributed by atoms with Gasteiger partial charge in [0, 0.05) is 6.92 Å². The summed E-state index contributed by atoms with van der Waals surface area (Å²) in [5, 5.41) is 103. The normalized spacial score (nSPS) is 49.0. The van der Waals surface area contributed by atoms with Crippen molar-refractivity contribution in [1.29, 1.82) is 0 Å². The van der Waals surface area contributed by atoms with Crippen LogP contribution in [0.15, 0.2) is 0 Å². The third-order valence-corrected chi connectivity index (χ3v) is 6.50. The number of hydrogen-bond donors (Lipinski definition) is 11. The summed E-state index contributed by atoms with van der Waals surface area (Å²) in [6, 6.07) is -1.45. The minimum Gasteiger partial charge on any atom is -0.394 e. The number of aliphatic hydroxyl groups excluding tert-OH is 10. The number of rotatable bonds is 8. The van der Waals surface area contributed by atoms with E-state index in [-0.39, 0.29) is 0 Å². The zero-order chi connectivity index (χ0) is 27.6. The lowest BCUT2D eigenvalue weighted by atomic mass is 9.95. The van der Waals surface area contributed by atoms with Gasteiger partial charge >= 0.3 is 0 Å². The Kier molecular flexibility index (Phi) is 10.5. The van der Waals surface area contributed by atoms with E-state index in [9.17, 15) is 55.9 Å². The van der Waals surface area contributed by atoms with Crippen LogP contribution in [-0.4, -0.2) is 169 Å². The predicted molar refractivity (Wildman–Crippen MR) is 113 cm³/mol. The van der Waals surface area contributed by atoms with Crippen molar-refractivity contribution in [2.75, 3.05) is 19.8 Å². The van der Waals surface area contributed by atoms with Gasteiger partial charge in [-0.25, -0.2) is 0 Å². The van der Waals surface area contributed by atoms with Gasteiger partial charge in [-0.1, -0.05) is 0 Å². The summed E-state index contributed by atoms with van der Waals surface area (Å²) < 4.78 is 27.1. The van der Waals surface area contributed by atoms with Crippen molar-refractivity contribution in [3.63, 3.8) is 0 Å². The monoisotopic (exact) mass is 545 g/mol. The molecule has 0 aliphatic carbocycles. The fourth-order valence-corrected chi connectivity index (χ4v) is 4.43. The van der Waals surface area contributed by atoms with Crippen LogP contribution >= 0.6 is 0 Å². The molecular formula is C20H35NO16. The van der Waals surface area contributed by atoms with Crippen molar-refractivity contribution < 1.29 is 79.5 Å². The summed E-state index contributed by atoms with van der Waals surface area (Å²) >= 11 is 0. The van der Waals surface area contributed by atoms with Crippen LogP contribution < -0.4 is 5.32 Å². The molecule has 0 aromatic carbocycles. The molecule has 0 saturated carbocycles. The molecule has 3 aliphatic heterocycles. The number of hydrogen-bond acceptors (Lipinski definition) is 16. The minimum atomic E-state index is -1.90. The number of aliphatic hydroxyl groups is 10. The molecule has 3 saturated heterocycles. The van der Waals surface area contributed by atoms with Crippen molar-refractivity contribution >= 4 is 5.91 Å². The first-order chi connectivity index (χ1) is 17.4. The highest BCUT2D eigenvalue weighted by molar-refractivity contribution is 5.73. The molecule has 3 fully saturated rings. The van der Waals surface area contributed by atoms with E-state index in [1.807, 2.05) is 0 Å². The molecule has 15 unspecified atom stereocenters. The van der Waals surface area contributed by atoms with Crippen LogP contribution in [0.2, 0.25) is 0 Å². The lowest BCUT2D eigenvalue weighted by Gasteiger charge is -2.48. The summed E-state index contributed by atoms with van der Waals surface area (Å²) in [6.45, 7) is -1.25. The predicted octanol–water partition coefficient (Wildman–Crippen LogP) is -7.43. The minimum absolute atomic E-state index is 0.665. The van der Waals surface area contributed by atoms with Crippen molar-refractivity contribution in [1.82, 2.24) is 5.32 Å². The topological polar surface area (TPSA) is 278 Å². The van der Waals surface area contributed by atoms with E-state index < -0.39 is 118 Å². The Labute approximate surface area is 210 Å². The average molecular weight is 545 g/mol. The maximum absolute atomic E-state index is 11.7. The van der Waals surface area contributed by atoms with Crippen LogP contribution in [0.4, 0.5) is 0 Å². The van der Waals surface area contributed by atoms with Gasteiger partial charge in [-0.2, -0.15) is 0 Å². The lowest BCUT2D eigenvalue weighted by molar-refractivity contribution is -0.380. The zero-order valence-electron chi connectivity index (χ0n) is 19.7. The van der Waals surface area contributed by atoms with Gasteiger partial charge in [-0.05, 0) is 0 Å². The molecule has 216 valence electrons. The molecule has 3 rings (SSSR count). The first-order valence-electron chi connectivity index (χ1n) is 11.6. The van der Waals surface area contributed by atoms with Gasteiger partial charge in [0.05, 0.1) is 19.8 Å². The Morgan fingerprint density at radius 2 is 1.14 bits per heavy atom. The van der Waals surface area contributed by atoms with E-state index in [0.29, 0.717) is 0 Å². The smallest absolute Gasteiger partial charge is 0.217 e. The maximum atomic E-state index is 11.7. The van der Waals surface area contributed by atoms with E-state index in [1.54, 1.807) is 0 Å². The highest BCUT2D eigenvalue weighted by Gasteiger charge is 2.54. The van der Waals surface area contributed by atoms with Gasteiger partial charge in [0.25, 0.3) is 0 Å². The largest absolute Gasteiger partial charge is 0.394 e. The second-order valence-corrected chi connectivity index (χ2v) is 9.07. The second kappa shape index (κ2) is 12.8. The van der Waals surface area contributed by atoms with Crippen LogP contribution in [0, 0.1) is 0 Å². The Hall–Kier alpha value is -1.13. The molecule has 0 aromatic rings. The summed E-state index contributed by atoms with van der Waals surface area (Å²) in [5.74, 6) is -0.665. The molecule has 3 heterocycles. The number of ether oxygens (including phenoxy) is 5. The van der Waals surface area contributed by atoms with Crippen molar-refractivity contribution in [2.45, 2.75) is 99.0 Å². The summed E-state index contributed by atoms with van der Waals surface area (Å²) in [7, 11) is 0. The van der Waals surface area contributed by atoms with Gasteiger partial charge in [-0.15, -0.1) is 0 Å². The molecule has 17 heteroatoms. The zero-order valence-corrected chi connectivity index (χ0v) is 19.7. The second-order valence-electron chi connectivity index (χ2n) is 9.07. The van der Waals surface area contributed by atoms with Gasteiger partial charge in [0.1, 0.15) is 73.2 Å². The molecule has 11 N–H and O–H groups in total. The molecule has 0 aromatic heterocycles. The highest BCUT2D eigenvalue weighted by Crippen LogP contribution is 2.32. The highest BCUT2D eigenvalue weighted by atomic mass is 16.8. The maximum Gasteiger partial charge on any atom is 0.217 e. The van der Waals surface area contributed by atoms with E-state index in [4.69, 9.17) is 23.7 Å².